The number of hydrogen-bond donors (Lipinski definition) is 2. The lowest BCUT2D eigenvalue weighted by Crippen LogP contribution is -2.49. The van der Waals surface area contributed by atoms with Gasteiger partial charge in [0, 0.05) is 11.5 Å². The maximum absolute atomic E-state index is 12.3. The SMILES string of the molecule is O=C(O)C(O)=CC(=O)C12CC3CC(CC(C3)C1)C2. The van der Waals surface area contributed by atoms with Crippen molar-refractivity contribution in [2.24, 2.45) is 23.2 Å². The Bertz CT molecular complexity index is 400. The second-order valence-corrected chi connectivity index (χ2v) is 6.40. The number of carbonyl (C=O) groups excluding carboxylic acids is 1. The zero-order valence-electron chi connectivity index (χ0n) is 10.3. The average molecular weight is 250 g/mol. The van der Waals surface area contributed by atoms with Crippen LogP contribution in [0.25, 0.3) is 0 Å². The van der Waals surface area contributed by atoms with Gasteiger partial charge in [-0.25, -0.2) is 4.79 Å². The van der Waals surface area contributed by atoms with Crippen LogP contribution in [0.1, 0.15) is 38.5 Å². The monoisotopic (exact) mass is 250 g/mol. The molecule has 4 aliphatic rings. The molecule has 0 atom stereocenters. The molecule has 4 bridgehead atoms. The molecule has 0 heterocycles. The standard InChI is InChI=1S/C14H18O4/c15-11(13(17)18)4-12(16)14-5-8-1-9(6-14)3-10(2-8)7-14/h4,8-10,15H,1-3,5-7H2,(H,17,18). The first kappa shape index (κ1) is 11.8. The van der Waals surface area contributed by atoms with Crippen molar-refractivity contribution in [3.8, 4) is 0 Å². The number of aliphatic hydroxyl groups is 1. The second-order valence-electron chi connectivity index (χ2n) is 6.40. The van der Waals surface area contributed by atoms with Crippen LogP contribution in [0.15, 0.2) is 11.8 Å². The fourth-order valence-corrected chi connectivity index (χ4v) is 4.75. The number of rotatable bonds is 3. The van der Waals surface area contributed by atoms with Gasteiger partial charge in [-0.05, 0) is 56.3 Å². The van der Waals surface area contributed by atoms with Gasteiger partial charge >= 0.3 is 5.97 Å². The first-order valence-electron chi connectivity index (χ1n) is 6.67. The van der Waals surface area contributed by atoms with Gasteiger partial charge in [-0.2, -0.15) is 0 Å². The lowest BCUT2D eigenvalue weighted by molar-refractivity contribution is -0.140. The van der Waals surface area contributed by atoms with Crippen molar-refractivity contribution in [2.75, 3.05) is 0 Å². The van der Waals surface area contributed by atoms with E-state index in [1.165, 1.54) is 19.3 Å². The summed E-state index contributed by atoms with van der Waals surface area (Å²) in [6.45, 7) is 0. The van der Waals surface area contributed by atoms with Crippen LogP contribution in [0.3, 0.4) is 0 Å². The highest BCUT2D eigenvalue weighted by Crippen LogP contribution is 2.60. The Morgan fingerprint density at radius 1 is 0.944 bits per heavy atom. The molecule has 2 N–H and O–H groups in total. The lowest BCUT2D eigenvalue weighted by Gasteiger charge is -2.55. The van der Waals surface area contributed by atoms with Gasteiger partial charge in [-0.1, -0.05) is 0 Å². The quantitative estimate of drug-likeness (QED) is 0.595. The third-order valence-corrected chi connectivity index (χ3v) is 5.05. The van der Waals surface area contributed by atoms with Gasteiger partial charge < -0.3 is 10.2 Å². The molecule has 98 valence electrons. The van der Waals surface area contributed by atoms with E-state index in [4.69, 9.17) is 5.11 Å². The highest BCUT2D eigenvalue weighted by Gasteiger charge is 2.53. The van der Waals surface area contributed by atoms with E-state index < -0.39 is 11.7 Å². The highest BCUT2D eigenvalue weighted by molar-refractivity contribution is 6.00. The largest absolute Gasteiger partial charge is 0.502 e. The number of allylic oxidation sites excluding steroid dienone is 1. The summed E-state index contributed by atoms with van der Waals surface area (Å²) in [5.41, 5.74) is -0.363. The maximum atomic E-state index is 12.3. The van der Waals surface area contributed by atoms with Crippen molar-refractivity contribution >= 4 is 11.8 Å². The molecule has 4 nitrogen and oxygen atoms in total. The van der Waals surface area contributed by atoms with Gasteiger partial charge in [0.2, 0.25) is 5.76 Å². The van der Waals surface area contributed by atoms with Crippen LogP contribution in [-0.4, -0.2) is 22.0 Å². The minimum atomic E-state index is -1.42. The fourth-order valence-electron chi connectivity index (χ4n) is 4.75. The molecule has 18 heavy (non-hydrogen) atoms. The van der Waals surface area contributed by atoms with E-state index in [-0.39, 0.29) is 11.2 Å². The summed E-state index contributed by atoms with van der Waals surface area (Å²) in [6.07, 6.45) is 7.32. The van der Waals surface area contributed by atoms with Crippen LogP contribution in [0.5, 0.6) is 0 Å². The number of carboxylic acids is 1. The number of ketones is 1. The van der Waals surface area contributed by atoms with Crippen molar-refractivity contribution < 1.29 is 19.8 Å². The molecule has 0 amide bonds. The Hall–Kier alpha value is -1.32. The molecule has 4 rings (SSSR count). The third-order valence-electron chi connectivity index (χ3n) is 5.05. The summed E-state index contributed by atoms with van der Waals surface area (Å²) < 4.78 is 0. The van der Waals surface area contributed by atoms with Crippen LogP contribution >= 0.6 is 0 Å². The smallest absolute Gasteiger partial charge is 0.371 e. The van der Waals surface area contributed by atoms with Crippen molar-refractivity contribution in [2.45, 2.75) is 38.5 Å². The number of aliphatic carboxylic acids is 1. The van der Waals surface area contributed by atoms with Crippen molar-refractivity contribution in [3.63, 3.8) is 0 Å². The van der Waals surface area contributed by atoms with Gasteiger partial charge in [0.25, 0.3) is 0 Å². The number of carbonyl (C=O) groups is 2. The first-order valence-corrected chi connectivity index (χ1v) is 6.67. The van der Waals surface area contributed by atoms with E-state index in [1.807, 2.05) is 0 Å². The van der Waals surface area contributed by atoms with Crippen molar-refractivity contribution in [3.05, 3.63) is 11.8 Å². The topological polar surface area (TPSA) is 74.6 Å². The first-order chi connectivity index (χ1) is 8.48. The molecule has 0 aromatic heterocycles. The van der Waals surface area contributed by atoms with E-state index >= 15 is 0 Å². The zero-order valence-corrected chi connectivity index (χ0v) is 10.3. The van der Waals surface area contributed by atoms with Gasteiger partial charge in [-0.3, -0.25) is 4.79 Å². The van der Waals surface area contributed by atoms with Crippen LogP contribution in [-0.2, 0) is 9.59 Å². The molecular weight excluding hydrogens is 232 g/mol. The lowest BCUT2D eigenvalue weighted by atomic mass is 9.48. The van der Waals surface area contributed by atoms with E-state index in [0.717, 1.165) is 25.3 Å². The molecule has 0 spiro atoms. The Morgan fingerprint density at radius 2 is 1.39 bits per heavy atom. The average Bonchev–Trinajstić information content (AvgIpc) is 2.26. The summed E-state index contributed by atoms with van der Waals surface area (Å²) in [4.78, 5) is 22.9. The third kappa shape index (κ3) is 1.74. The molecule has 4 fully saturated rings. The van der Waals surface area contributed by atoms with Crippen LogP contribution in [0, 0.1) is 23.2 Å². The van der Waals surface area contributed by atoms with E-state index in [2.05, 4.69) is 0 Å². The summed E-state index contributed by atoms with van der Waals surface area (Å²) in [5, 5.41) is 17.9. The normalized spacial score (nSPS) is 42.0. The molecule has 4 saturated carbocycles. The van der Waals surface area contributed by atoms with Crippen molar-refractivity contribution in [1.29, 1.82) is 0 Å². The van der Waals surface area contributed by atoms with E-state index in [0.29, 0.717) is 17.8 Å². The van der Waals surface area contributed by atoms with Crippen LogP contribution in [0.2, 0.25) is 0 Å². The Labute approximate surface area is 106 Å². The Balaban J connectivity index is 1.85. The predicted molar refractivity (Wildman–Crippen MR) is 64.0 cm³/mol. The molecule has 4 heteroatoms. The molecule has 0 aromatic rings. The Kier molecular flexibility index (Phi) is 2.50. The summed E-state index contributed by atoms with van der Waals surface area (Å²) in [7, 11) is 0. The summed E-state index contributed by atoms with van der Waals surface area (Å²) in [6, 6.07) is 0. The maximum Gasteiger partial charge on any atom is 0.371 e. The summed E-state index contributed by atoms with van der Waals surface area (Å²) >= 11 is 0. The van der Waals surface area contributed by atoms with E-state index in [1.54, 1.807) is 0 Å². The fraction of sp³-hybridized carbons (Fsp3) is 0.714. The minimum absolute atomic E-state index is 0.165. The second kappa shape index (κ2) is 3.84. The minimum Gasteiger partial charge on any atom is -0.502 e. The van der Waals surface area contributed by atoms with Gasteiger partial charge in [0.05, 0.1) is 0 Å². The molecule has 0 aromatic carbocycles. The molecule has 0 saturated heterocycles. The number of carboxylic acid groups (broad SMARTS) is 1. The van der Waals surface area contributed by atoms with Gasteiger partial charge in [-0.15, -0.1) is 0 Å². The molecule has 0 unspecified atom stereocenters. The molecular formula is C14H18O4. The summed E-state index contributed by atoms with van der Waals surface area (Å²) in [5.74, 6) is -0.493. The van der Waals surface area contributed by atoms with E-state index in [9.17, 15) is 14.7 Å². The van der Waals surface area contributed by atoms with Crippen LogP contribution < -0.4 is 0 Å². The molecule has 4 aliphatic carbocycles. The molecule has 0 aliphatic heterocycles. The highest BCUT2D eigenvalue weighted by atomic mass is 16.4. The van der Waals surface area contributed by atoms with Gasteiger partial charge in [0.15, 0.2) is 5.78 Å². The zero-order chi connectivity index (χ0) is 12.9. The van der Waals surface area contributed by atoms with Crippen molar-refractivity contribution in [1.82, 2.24) is 0 Å². The number of aliphatic hydroxyl groups excluding tert-OH is 1. The Morgan fingerprint density at radius 3 is 1.78 bits per heavy atom. The number of hydrogen-bond acceptors (Lipinski definition) is 3. The predicted octanol–water partition coefficient (Wildman–Crippen LogP) is 2.30. The molecule has 0 radical (unpaired) electrons. The van der Waals surface area contributed by atoms with Crippen LogP contribution in [0.4, 0.5) is 0 Å². The van der Waals surface area contributed by atoms with Gasteiger partial charge in [0.1, 0.15) is 0 Å².